The third-order valence-electron chi connectivity index (χ3n) is 4.09. The number of para-hydroxylation sites is 1. The molecular formula is C19H19NO4. The van der Waals surface area contributed by atoms with E-state index < -0.39 is 11.7 Å². The number of hydrogen-bond acceptors (Lipinski definition) is 5. The molecule has 24 heavy (non-hydrogen) atoms. The second-order valence-electron chi connectivity index (χ2n) is 5.74. The fraction of sp³-hybridized carbons (Fsp3) is 0.211. The minimum atomic E-state index is -0.721. The summed E-state index contributed by atoms with van der Waals surface area (Å²) >= 11 is 0. The number of aliphatic hydroxyl groups is 1. The Morgan fingerprint density at radius 1 is 1.08 bits per heavy atom. The van der Waals surface area contributed by atoms with Crippen molar-refractivity contribution < 1.29 is 14.6 Å². The van der Waals surface area contributed by atoms with Crippen molar-refractivity contribution in [1.29, 1.82) is 0 Å². The molecule has 3 rings (SSSR count). The number of hydrogen-bond donors (Lipinski definition) is 3. The summed E-state index contributed by atoms with van der Waals surface area (Å²) in [5.41, 5.74) is 0.703. The van der Waals surface area contributed by atoms with Gasteiger partial charge in [0.2, 0.25) is 0 Å². The Morgan fingerprint density at radius 2 is 1.75 bits per heavy atom. The van der Waals surface area contributed by atoms with Gasteiger partial charge in [0.15, 0.2) is 0 Å². The Labute approximate surface area is 139 Å². The fourth-order valence-electron chi connectivity index (χ4n) is 2.64. The number of nitrogens with one attached hydrogen (secondary N) is 1. The molecule has 3 aromatic rings. The zero-order chi connectivity index (χ0) is 17.1. The first-order valence-electron chi connectivity index (χ1n) is 7.78. The first-order valence-corrected chi connectivity index (χ1v) is 7.78. The minimum Gasteiger partial charge on any atom is -0.507 e. The molecular weight excluding hydrogens is 306 g/mol. The molecule has 0 amide bonds. The van der Waals surface area contributed by atoms with E-state index in [1.165, 1.54) is 0 Å². The molecule has 5 heteroatoms. The average Bonchev–Trinajstić information content (AvgIpc) is 2.61. The molecule has 2 atom stereocenters. The predicted octanol–water partition coefficient (Wildman–Crippen LogP) is 2.71. The van der Waals surface area contributed by atoms with Gasteiger partial charge in [0.1, 0.15) is 11.3 Å². The van der Waals surface area contributed by atoms with Gasteiger partial charge in [-0.15, -0.1) is 0 Å². The van der Waals surface area contributed by atoms with Crippen LogP contribution >= 0.6 is 0 Å². The van der Waals surface area contributed by atoms with Gasteiger partial charge in [-0.25, -0.2) is 4.79 Å². The molecule has 0 aliphatic carbocycles. The molecule has 0 aliphatic rings. The van der Waals surface area contributed by atoms with E-state index >= 15 is 0 Å². The zero-order valence-corrected chi connectivity index (χ0v) is 13.3. The Balaban J connectivity index is 1.79. The Bertz CT molecular complexity index is 889. The van der Waals surface area contributed by atoms with Crippen LogP contribution in [-0.4, -0.2) is 16.3 Å². The summed E-state index contributed by atoms with van der Waals surface area (Å²) in [7, 11) is 0. The molecule has 124 valence electrons. The molecule has 0 saturated carbocycles. The van der Waals surface area contributed by atoms with E-state index in [1.807, 2.05) is 37.3 Å². The highest BCUT2D eigenvalue weighted by atomic mass is 16.4. The third kappa shape index (κ3) is 3.18. The van der Waals surface area contributed by atoms with Gasteiger partial charge in [-0.05, 0) is 24.6 Å². The van der Waals surface area contributed by atoms with Crippen molar-refractivity contribution in [3.05, 3.63) is 76.1 Å². The van der Waals surface area contributed by atoms with Crippen molar-refractivity contribution in [2.45, 2.75) is 25.6 Å². The largest absolute Gasteiger partial charge is 0.507 e. The van der Waals surface area contributed by atoms with Crippen LogP contribution in [0.4, 0.5) is 0 Å². The zero-order valence-electron chi connectivity index (χ0n) is 13.3. The maximum absolute atomic E-state index is 12.1. The summed E-state index contributed by atoms with van der Waals surface area (Å²) in [5.74, 6) is -0.0873. The predicted molar refractivity (Wildman–Crippen MR) is 91.9 cm³/mol. The summed E-state index contributed by atoms with van der Waals surface area (Å²) in [5, 5.41) is 24.3. The van der Waals surface area contributed by atoms with Crippen LogP contribution in [-0.2, 0) is 6.54 Å². The van der Waals surface area contributed by atoms with Crippen molar-refractivity contribution in [3.63, 3.8) is 0 Å². The van der Waals surface area contributed by atoms with Gasteiger partial charge < -0.3 is 19.9 Å². The van der Waals surface area contributed by atoms with Crippen molar-refractivity contribution in [2.75, 3.05) is 0 Å². The maximum atomic E-state index is 12.1. The van der Waals surface area contributed by atoms with Crippen LogP contribution in [0.5, 0.6) is 5.75 Å². The highest BCUT2D eigenvalue weighted by Gasteiger charge is 2.18. The van der Waals surface area contributed by atoms with Gasteiger partial charge in [-0.1, -0.05) is 42.5 Å². The Kier molecular flexibility index (Phi) is 4.64. The summed E-state index contributed by atoms with van der Waals surface area (Å²) in [6.45, 7) is 1.92. The summed E-state index contributed by atoms with van der Waals surface area (Å²) < 4.78 is 5.23. The monoisotopic (exact) mass is 325 g/mol. The van der Waals surface area contributed by atoms with Crippen molar-refractivity contribution in [2.24, 2.45) is 0 Å². The van der Waals surface area contributed by atoms with E-state index in [-0.39, 0.29) is 23.9 Å². The topological polar surface area (TPSA) is 82.7 Å². The highest BCUT2D eigenvalue weighted by molar-refractivity contribution is 5.83. The standard InChI is InChI=1S/C19H19NO4/c1-12(17(21)13-7-3-2-4-8-13)20-11-15-18(22)14-9-5-6-10-16(14)24-19(15)23/h2-10,12,17,20-22H,11H2,1H3. The lowest BCUT2D eigenvalue weighted by molar-refractivity contribution is 0.135. The molecule has 3 N–H and O–H groups in total. The second-order valence-corrected chi connectivity index (χ2v) is 5.74. The van der Waals surface area contributed by atoms with Crippen LogP contribution in [0.15, 0.2) is 63.8 Å². The van der Waals surface area contributed by atoms with Crippen molar-refractivity contribution >= 4 is 11.0 Å². The van der Waals surface area contributed by atoms with E-state index in [4.69, 9.17) is 4.42 Å². The van der Waals surface area contributed by atoms with Crippen molar-refractivity contribution in [3.8, 4) is 5.75 Å². The van der Waals surface area contributed by atoms with Crippen LogP contribution in [0, 0.1) is 0 Å². The summed E-state index contributed by atoms with van der Waals surface area (Å²) in [4.78, 5) is 12.1. The smallest absolute Gasteiger partial charge is 0.344 e. The lowest BCUT2D eigenvalue weighted by atomic mass is 10.0. The Morgan fingerprint density at radius 3 is 2.50 bits per heavy atom. The molecule has 1 aromatic heterocycles. The number of rotatable bonds is 5. The molecule has 0 radical (unpaired) electrons. The summed E-state index contributed by atoms with van der Waals surface area (Å²) in [6, 6.07) is 15.8. The molecule has 0 bridgehead atoms. The molecule has 2 aromatic carbocycles. The number of fused-ring (bicyclic) bond motifs is 1. The maximum Gasteiger partial charge on any atom is 0.344 e. The normalized spacial score (nSPS) is 13.8. The van der Waals surface area contributed by atoms with E-state index in [2.05, 4.69) is 5.32 Å². The van der Waals surface area contributed by atoms with Crippen LogP contribution in [0.3, 0.4) is 0 Å². The molecule has 2 unspecified atom stereocenters. The molecule has 0 saturated heterocycles. The number of benzene rings is 2. The van der Waals surface area contributed by atoms with Gasteiger partial charge in [-0.3, -0.25) is 0 Å². The van der Waals surface area contributed by atoms with Crippen molar-refractivity contribution in [1.82, 2.24) is 5.32 Å². The number of aromatic hydroxyl groups is 1. The lowest BCUT2D eigenvalue weighted by Crippen LogP contribution is -2.33. The molecule has 0 fully saturated rings. The van der Waals surface area contributed by atoms with Gasteiger partial charge in [0.25, 0.3) is 0 Å². The van der Waals surface area contributed by atoms with E-state index in [0.717, 1.165) is 5.56 Å². The van der Waals surface area contributed by atoms with E-state index in [1.54, 1.807) is 24.3 Å². The number of aliphatic hydroxyl groups excluding tert-OH is 1. The van der Waals surface area contributed by atoms with Gasteiger partial charge in [0, 0.05) is 12.6 Å². The van der Waals surface area contributed by atoms with Crippen LogP contribution < -0.4 is 10.9 Å². The quantitative estimate of drug-likeness (QED) is 0.628. The molecule has 0 spiro atoms. The van der Waals surface area contributed by atoms with E-state index in [9.17, 15) is 15.0 Å². The van der Waals surface area contributed by atoms with Crippen LogP contribution in [0.2, 0.25) is 0 Å². The van der Waals surface area contributed by atoms with Gasteiger partial charge >= 0.3 is 5.63 Å². The minimum absolute atomic E-state index is 0.0873. The third-order valence-corrected chi connectivity index (χ3v) is 4.09. The summed E-state index contributed by atoms with van der Waals surface area (Å²) in [6.07, 6.45) is -0.721. The molecule has 5 nitrogen and oxygen atoms in total. The fourth-order valence-corrected chi connectivity index (χ4v) is 2.64. The molecule has 0 aliphatic heterocycles. The first kappa shape index (κ1) is 16.2. The average molecular weight is 325 g/mol. The van der Waals surface area contributed by atoms with Crippen LogP contribution in [0.25, 0.3) is 11.0 Å². The SMILES string of the molecule is CC(NCc1c(O)c2ccccc2oc1=O)C(O)c1ccccc1. The Hall–Kier alpha value is -2.63. The first-order chi connectivity index (χ1) is 11.6. The molecule has 1 heterocycles. The second kappa shape index (κ2) is 6.86. The van der Waals surface area contributed by atoms with E-state index in [0.29, 0.717) is 11.0 Å². The highest BCUT2D eigenvalue weighted by Crippen LogP contribution is 2.26. The van der Waals surface area contributed by atoms with Gasteiger partial charge in [0.05, 0.1) is 17.1 Å². The lowest BCUT2D eigenvalue weighted by Gasteiger charge is -2.20. The van der Waals surface area contributed by atoms with Gasteiger partial charge in [-0.2, -0.15) is 0 Å². The van der Waals surface area contributed by atoms with Crippen LogP contribution in [0.1, 0.15) is 24.2 Å².